The summed E-state index contributed by atoms with van der Waals surface area (Å²) in [5, 5.41) is 2.77. The number of aryl methyl sites for hydroxylation is 1. The van der Waals surface area contributed by atoms with Gasteiger partial charge < -0.3 is 14.8 Å². The lowest BCUT2D eigenvalue weighted by molar-refractivity contribution is -0.116. The Morgan fingerprint density at radius 2 is 1.88 bits per heavy atom. The summed E-state index contributed by atoms with van der Waals surface area (Å²) in [5.74, 6) is -0.0803. The third-order valence-electron chi connectivity index (χ3n) is 4.08. The molecule has 134 valence electrons. The van der Waals surface area contributed by atoms with Gasteiger partial charge in [-0.25, -0.2) is 4.79 Å². The van der Waals surface area contributed by atoms with Crippen LogP contribution in [0.15, 0.2) is 42.5 Å². The number of amides is 1. The van der Waals surface area contributed by atoms with Gasteiger partial charge in [-0.1, -0.05) is 12.1 Å². The minimum atomic E-state index is -0.451. The van der Waals surface area contributed by atoms with E-state index in [0.717, 1.165) is 11.3 Å². The fourth-order valence-electron chi connectivity index (χ4n) is 2.76. The number of para-hydroxylation sites is 1. The normalized spacial score (nSPS) is 12.7. The molecule has 1 N–H and O–H groups in total. The third-order valence-corrected chi connectivity index (χ3v) is 4.08. The summed E-state index contributed by atoms with van der Waals surface area (Å²) in [5.41, 5.74) is 2.59. The van der Waals surface area contributed by atoms with Gasteiger partial charge in [0, 0.05) is 12.1 Å². The molecule has 0 atom stereocenters. The second-order valence-corrected chi connectivity index (χ2v) is 5.96. The lowest BCUT2D eigenvalue weighted by atomic mass is 10.0. The number of Topliss-reactive ketones (excluding diaryl/α,β-unsaturated/α-hetero) is 1. The number of nitrogens with one attached hydrogen (secondary N) is 1. The van der Waals surface area contributed by atoms with E-state index >= 15 is 0 Å². The van der Waals surface area contributed by atoms with Gasteiger partial charge in [-0.3, -0.25) is 9.59 Å². The van der Waals surface area contributed by atoms with Crippen LogP contribution in [0.3, 0.4) is 0 Å². The van der Waals surface area contributed by atoms with E-state index in [1.165, 1.54) is 6.92 Å². The van der Waals surface area contributed by atoms with Crippen LogP contribution in [0.25, 0.3) is 0 Å². The van der Waals surface area contributed by atoms with Crippen LogP contribution in [-0.4, -0.2) is 30.9 Å². The maximum atomic E-state index is 12.2. The van der Waals surface area contributed by atoms with Crippen LogP contribution in [0, 0.1) is 0 Å². The summed E-state index contributed by atoms with van der Waals surface area (Å²) in [6, 6.07) is 12.0. The van der Waals surface area contributed by atoms with Crippen LogP contribution < -0.4 is 10.1 Å². The number of hydrogen-bond acceptors (Lipinski definition) is 5. The van der Waals surface area contributed by atoms with E-state index in [0.29, 0.717) is 29.7 Å². The van der Waals surface area contributed by atoms with Crippen LogP contribution >= 0.6 is 0 Å². The summed E-state index contributed by atoms with van der Waals surface area (Å²) in [6.45, 7) is 1.69. The molecule has 26 heavy (non-hydrogen) atoms. The van der Waals surface area contributed by atoms with Crippen molar-refractivity contribution in [3.63, 3.8) is 0 Å². The second kappa shape index (κ2) is 7.82. The Morgan fingerprint density at radius 1 is 1.08 bits per heavy atom. The van der Waals surface area contributed by atoms with Crippen molar-refractivity contribution in [3.05, 3.63) is 59.2 Å². The monoisotopic (exact) mass is 353 g/mol. The second-order valence-electron chi connectivity index (χ2n) is 5.96. The number of ketones is 1. The minimum Gasteiger partial charge on any atom is -0.489 e. The summed E-state index contributed by atoms with van der Waals surface area (Å²) < 4.78 is 10.8. The molecule has 3 rings (SSSR count). The first kappa shape index (κ1) is 17.7. The number of ether oxygens (including phenoxy) is 2. The largest absolute Gasteiger partial charge is 0.489 e. The van der Waals surface area contributed by atoms with Crippen molar-refractivity contribution >= 4 is 23.3 Å². The average molecular weight is 353 g/mol. The lowest BCUT2D eigenvalue weighted by Gasteiger charge is -2.17. The molecule has 0 spiro atoms. The van der Waals surface area contributed by atoms with Crippen LogP contribution in [-0.2, 0) is 16.0 Å². The van der Waals surface area contributed by atoms with Crippen LogP contribution in [0.2, 0.25) is 0 Å². The summed E-state index contributed by atoms with van der Waals surface area (Å²) in [4.78, 5) is 35.1. The molecule has 0 saturated heterocycles. The highest BCUT2D eigenvalue weighted by molar-refractivity contribution is 5.97. The van der Waals surface area contributed by atoms with Crippen molar-refractivity contribution in [1.29, 1.82) is 0 Å². The number of carbonyl (C=O) groups excluding carboxylic acids is 3. The molecule has 1 aliphatic rings. The predicted molar refractivity (Wildman–Crippen MR) is 95.6 cm³/mol. The SMILES string of the molecule is CC(=O)c1ccccc1OCCOC(=O)c1ccc2c(c1)CCC(=O)N2. The minimum absolute atomic E-state index is 0.0178. The molecule has 2 aromatic rings. The molecule has 0 aromatic heterocycles. The fraction of sp³-hybridized carbons (Fsp3) is 0.250. The van der Waals surface area contributed by atoms with Crippen molar-refractivity contribution in [2.45, 2.75) is 19.8 Å². The number of hydrogen-bond donors (Lipinski definition) is 1. The Kier molecular flexibility index (Phi) is 5.31. The highest BCUT2D eigenvalue weighted by Gasteiger charge is 2.17. The Morgan fingerprint density at radius 3 is 2.69 bits per heavy atom. The molecule has 2 aromatic carbocycles. The molecule has 6 heteroatoms. The van der Waals surface area contributed by atoms with Crippen LogP contribution in [0.4, 0.5) is 5.69 Å². The number of benzene rings is 2. The molecular formula is C20H19NO5. The maximum absolute atomic E-state index is 12.2. The maximum Gasteiger partial charge on any atom is 0.338 e. The number of esters is 1. The van der Waals surface area contributed by atoms with Gasteiger partial charge in [-0.15, -0.1) is 0 Å². The van der Waals surface area contributed by atoms with E-state index < -0.39 is 5.97 Å². The van der Waals surface area contributed by atoms with Gasteiger partial charge >= 0.3 is 5.97 Å². The highest BCUT2D eigenvalue weighted by Crippen LogP contribution is 2.24. The zero-order chi connectivity index (χ0) is 18.5. The number of rotatable bonds is 6. The summed E-state index contributed by atoms with van der Waals surface area (Å²) in [7, 11) is 0. The molecule has 0 aliphatic carbocycles. The smallest absolute Gasteiger partial charge is 0.338 e. The van der Waals surface area contributed by atoms with Crippen molar-refractivity contribution < 1.29 is 23.9 Å². The van der Waals surface area contributed by atoms with Gasteiger partial charge in [-0.05, 0) is 49.2 Å². The van der Waals surface area contributed by atoms with E-state index in [9.17, 15) is 14.4 Å². The first-order valence-corrected chi connectivity index (χ1v) is 8.37. The molecule has 1 heterocycles. The molecule has 0 saturated carbocycles. The first-order chi connectivity index (χ1) is 12.5. The zero-order valence-corrected chi connectivity index (χ0v) is 14.4. The first-order valence-electron chi connectivity index (χ1n) is 8.37. The van der Waals surface area contributed by atoms with E-state index in [4.69, 9.17) is 9.47 Å². The number of anilines is 1. The van der Waals surface area contributed by atoms with E-state index in [1.807, 2.05) is 0 Å². The van der Waals surface area contributed by atoms with Crippen molar-refractivity contribution in [3.8, 4) is 5.75 Å². The Balaban J connectivity index is 1.54. The van der Waals surface area contributed by atoms with E-state index in [-0.39, 0.29) is 24.9 Å². The van der Waals surface area contributed by atoms with Crippen LogP contribution in [0.5, 0.6) is 5.75 Å². The van der Waals surface area contributed by atoms with Gasteiger partial charge in [0.05, 0.1) is 11.1 Å². The van der Waals surface area contributed by atoms with Gasteiger partial charge in [0.2, 0.25) is 5.91 Å². The van der Waals surface area contributed by atoms with Gasteiger partial charge in [-0.2, -0.15) is 0 Å². The summed E-state index contributed by atoms with van der Waals surface area (Å²) >= 11 is 0. The Labute approximate surface area is 151 Å². The third kappa shape index (κ3) is 4.08. The van der Waals surface area contributed by atoms with Crippen molar-refractivity contribution in [2.75, 3.05) is 18.5 Å². The summed E-state index contributed by atoms with van der Waals surface area (Å²) in [6.07, 6.45) is 1.02. The molecule has 0 fully saturated rings. The average Bonchev–Trinajstić information content (AvgIpc) is 2.64. The Bertz CT molecular complexity index is 859. The number of carbonyl (C=O) groups is 3. The molecule has 1 amide bonds. The molecular weight excluding hydrogens is 334 g/mol. The fourth-order valence-corrected chi connectivity index (χ4v) is 2.76. The number of fused-ring (bicyclic) bond motifs is 1. The lowest BCUT2D eigenvalue weighted by Crippen LogP contribution is -2.19. The standard InChI is InChI=1S/C20H19NO5/c1-13(22)16-4-2-3-5-18(16)25-10-11-26-20(24)15-6-8-17-14(12-15)7-9-19(23)21-17/h2-6,8,12H,7,9-11H2,1H3,(H,21,23). The molecule has 6 nitrogen and oxygen atoms in total. The zero-order valence-electron chi connectivity index (χ0n) is 14.4. The van der Waals surface area contributed by atoms with Crippen molar-refractivity contribution in [2.24, 2.45) is 0 Å². The predicted octanol–water partition coefficient (Wildman–Crippen LogP) is 3.01. The van der Waals surface area contributed by atoms with Crippen LogP contribution in [0.1, 0.15) is 39.6 Å². The Hall–Kier alpha value is -3.15. The van der Waals surface area contributed by atoms with Gasteiger partial charge in [0.25, 0.3) is 0 Å². The quantitative estimate of drug-likeness (QED) is 0.490. The molecule has 1 aliphatic heterocycles. The topological polar surface area (TPSA) is 81.7 Å². The highest BCUT2D eigenvalue weighted by atomic mass is 16.6. The van der Waals surface area contributed by atoms with Crippen molar-refractivity contribution in [1.82, 2.24) is 0 Å². The van der Waals surface area contributed by atoms with Gasteiger partial charge in [0.1, 0.15) is 19.0 Å². The molecule has 0 radical (unpaired) electrons. The molecule has 0 unspecified atom stereocenters. The van der Waals surface area contributed by atoms with Gasteiger partial charge in [0.15, 0.2) is 5.78 Å². The molecule has 0 bridgehead atoms. The van der Waals surface area contributed by atoms with E-state index in [1.54, 1.807) is 42.5 Å². The van der Waals surface area contributed by atoms with E-state index in [2.05, 4.69) is 5.32 Å².